The molecule has 5 N–H and O–H groups in total. The topological polar surface area (TPSA) is 193 Å². The van der Waals surface area contributed by atoms with Crippen LogP contribution in [0.15, 0.2) is 78.9 Å². The van der Waals surface area contributed by atoms with Crippen LogP contribution in [0.3, 0.4) is 0 Å². The first-order valence-corrected chi connectivity index (χ1v) is 20.9. The van der Waals surface area contributed by atoms with Crippen molar-refractivity contribution in [3.8, 4) is 11.5 Å². The van der Waals surface area contributed by atoms with Crippen molar-refractivity contribution in [1.29, 1.82) is 0 Å². The number of amides is 6. The van der Waals surface area contributed by atoms with E-state index in [9.17, 15) is 28.8 Å². The van der Waals surface area contributed by atoms with Crippen molar-refractivity contribution in [2.45, 2.75) is 122 Å². The first-order valence-electron chi connectivity index (χ1n) is 20.9. The highest BCUT2D eigenvalue weighted by Crippen LogP contribution is 2.23. The van der Waals surface area contributed by atoms with Gasteiger partial charge in [0.05, 0.1) is 6.54 Å². The van der Waals surface area contributed by atoms with Gasteiger partial charge < -0.3 is 45.7 Å². The van der Waals surface area contributed by atoms with Crippen LogP contribution in [-0.4, -0.2) is 95.5 Å². The van der Waals surface area contributed by atoms with E-state index in [-0.39, 0.29) is 45.3 Å². The number of nitrogens with one attached hydrogen (secondary N) is 5. The van der Waals surface area contributed by atoms with Gasteiger partial charge in [0.15, 0.2) is 0 Å². The molecular weight excluding hydrogens is 781 g/mol. The van der Waals surface area contributed by atoms with Crippen molar-refractivity contribution < 1.29 is 43.0 Å². The number of carbonyl (C=O) groups excluding carboxylic acids is 6. The van der Waals surface area contributed by atoms with E-state index in [0.717, 1.165) is 11.1 Å². The molecule has 0 aliphatic carbocycles. The average Bonchev–Trinajstić information content (AvgIpc) is 3.70. The summed E-state index contributed by atoms with van der Waals surface area (Å²) in [6, 6.07) is 19.8. The maximum absolute atomic E-state index is 14.4. The van der Waals surface area contributed by atoms with Gasteiger partial charge in [-0.3, -0.25) is 24.0 Å². The number of rotatable bonds is 11. The Kier molecular flexibility index (Phi) is 15.8. The summed E-state index contributed by atoms with van der Waals surface area (Å²) in [7, 11) is 0. The van der Waals surface area contributed by atoms with Crippen LogP contribution in [0.25, 0.3) is 0 Å². The van der Waals surface area contributed by atoms with Crippen LogP contribution in [0.1, 0.15) is 83.9 Å². The molecule has 0 radical (unpaired) electrons. The Bertz CT molecular complexity index is 1980. The minimum Gasteiger partial charge on any atom is -0.489 e. The molecule has 2 aliphatic heterocycles. The number of hydrogen-bond acceptors (Lipinski definition) is 9. The smallest absolute Gasteiger partial charge is 0.408 e. The molecule has 2 saturated heterocycles. The second kappa shape index (κ2) is 20.9. The fourth-order valence-electron chi connectivity index (χ4n) is 7.04. The number of ether oxygens (including phenoxy) is 3. The van der Waals surface area contributed by atoms with Crippen LogP contribution >= 0.6 is 0 Å². The van der Waals surface area contributed by atoms with Gasteiger partial charge in [0, 0.05) is 25.9 Å². The molecule has 0 saturated carbocycles. The van der Waals surface area contributed by atoms with Gasteiger partial charge >= 0.3 is 6.09 Å². The van der Waals surface area contributed by atoms with Crippen LogP contribution in [0.4, 0.5) is 4.79 Å². The molecular formula is C46H60N6O9. The molecule has 2 fully saturated rings. The predicted octanol–water partition coefficient (Wildman–Crippen LogP) is 4.11. The van der Waals surface area contributed by atoms with Gasteiger partial charge in [-0.25, -0.2) is 4.79 Å². The Hall–Kier alpha value is -6.12. The van der Waals surface area contributed by atoms with Crippen LogP contribution in [-0.2, 0) is 48.2 Å². The number of nitrogens with zero attached hydrogens (tertiary/aromatic N) is 1. The summed E-state index contributed by atoms with van der Waals surface area (Å²) in [4.78, 5) is 83.4. The Labute approximate surface area is 358 Å². The van der Waals surface area contributed by atoms with Crippen molar-refractivity contribution in [3.63, 3.8) is 0 Å². The number of alkyl carbamates (subject to hydrolysis) is 1. The maximum atomic E-state index is 14.4. The first kappa shape index (κ1) is 46.0. The monoisotopic (exact) mass is 840 g/mol. The summed E-state index contributed by atoms with van der Waals surface area (Å²) in [5.74, 6) is -1.40. The minimum absolute atomic E-state index is 0.0504. The molecule has 0 unspecified atom stereocenters. The zero-order valence-electron chi connectivity index (χ0n) is 36.0. The Morgan fingerprint density at radius 1 is 0.770 bits per heavy atom. The third kappa shape index (κ3) is 14.8. The lowest BCUT2D eigenvalue weighted by molar-refractivity contribution is -0.142. The third-order valence-electron chi connectivity index (χ3n) is 9.91. The van der Waals surface area contributed by atoms with Crippen LogP contribution in [0, 0.1) is 0 Å². The second-order valence-electron chi connectivity index (χ2n) is 17.4. The van der Waals surface area contributed by atoms with E-state index in [1.165, 1.54) is 4.90 Å². The molecule has 15 nitrogen and oxygen atoms in total. The second-order valence-corrected chi connectivity index (χ2v) is 17.4. The molecule has 4 atom stereocenters. The molecule has 3 aromatic rings. The van der Waals surface area contributed by atoms with Gasteiger partial charge in [0.2, 0.25) is 29.5 Å². The van der Waals surface area contributed by atoms with E-state index in [1.54, 1.807) is 57.2 Å². The van der Waals surface area contributed by atoms with Gasteiger partial charge in [0.25, 0.3) is 0 Å². The lowest BCUT2D eigenvalue weighted by Crippen LogP contribution is -2.59. The summed E-state index contributed by atoms with van der Waals surface area (Å²) >= 11 is 0. The normalized spacial score (nSPS) is 19.8. The maximum Gasteiger partial charge on any atom is 0.408 e. The van der Waals surface area contributed by atoms with E-state index < -0.39 is 71.0 Å². The average molecular weight is 841 g/mol. The predicted molar refractivity (Wildman–Crippen MR) is 228 cm³/mol. The standard InChI is InChI=1S/C46H60N6O9/c1-45(2,3)60-34-22-18-30(19-23-34)26-36(51-44(58)61-46(4,5)6)41(55)49-35-14-10-24-47-39(53)28-48-42(56)38-15-11-25-52(38)43(57)37(50-40(35)54)27-31-16-20-33(21-17-31)59-29-32-12-8-7-9-13-32/h7-9,12-13,16-23,35-38H,10-11,14-15,24-29H2,1-6H3,(H,47,53)(H,48,56)(H,49,55)(H,50,54)(H,51,58)/t35-,36+,37+,38+/m1/s1. The van der Waals surface area contributed by atoms with Gasteiger partial charge in [0.1, 0.15) is 53.5 Å². The van der Waals surface area contributed by atoms with Crippen LogP contribution < -0.4 is 36.1 Å². The lowest BCUT2D eigenvalue weighted by atomic mass is 10.0. The Balaban J connectivity index is 1.39. The van der Waals surface area contributed by atoms with Crippen LogP contribution in [0.5, 0.6) is 11.5 Å². The highest BCUT2D eigenvalue weighted by Gasteiger charge is 2.39. The fourth-order valence-corrected chi connectivity index (χ4v) is 7.04. The molecule has 61 heavy (non-hydrogen) atoms. The molecule has 5 rings (SSSR count). The van der Waals surface area contributed by atoms with E-state index in [0.29, 0.717) is 36.5 Å². The largest absolute Gasteiger partial charge is 0.489 e. The highest BCUT2D eigenvalue weighted by molar-refractivity contribution is 5.96. The molecule has 15 heteroatoms. The van der Waals surface area contributed by atoms with Gasteiger partial charge in [-0.1, -0.05) is 54.6 Å². The number of hydrogen-bond donors (Lipinski definition) is 5. The molecule has 0 aromatic heterocycles. The zero-order chi connectivity index (χ0) is 44.2. The summed E-state index contributed by atoms with van der Waals surface area (Å²) < 4.78 is 17.4. The lowest BCUT2D eigenvalue weighted by Gasteiger charge is -2.30. The van der Waals surface area contributed by atoms with E-state index in [2.05, 4.69) is 26.6 Å². The van der Waals surface area contributed by atoms with Crippen LogP contribution in [0.2, 0.25) is 0 Å². The Morgan fingerprint density at radius 3 is 2.11 bits per heavy atom. The summed E-state index contributed by atoms with van der Waals surface area (Å²) in [6.45, 7) is 11.4. The van der Waals surface area contributed by atoms with Gasteiger partial charge in [-0.05, 0) is 108 Å². The molecule has 2 aliphatic rings. The van der Waals surface area contributed by atoms with Crippen molar-refractivity contribution >= 4 is 35.6 Å². The molecule has 328 valence electrons. The summed E-state index contributed by atoms with van der Waals surface area (Å²) in [6.07, 6.45) is 0.589. The minimum atomic E-state index is -1.18. The van der Waals surface area contributed by atoms with Crippen molar-refractivity contribution in [2.24, 2.45) is 0 Å². The van der Waals surface area contributed by atoms with E-state index >= 15 is 0 Å². The number of benzene rings is 3. The van der Waals surface area contributed by atoms with E-state index in [4.69, 9.17) is 14.2 Å². The number of fused-ring (bicyclic) bond motifs is 1. The molecule has 6 amide bonds. The van der Waals surface area contributed by atoms with Crippen molar-refractivity contribution in [3.05, 3.63) is 95.6 Å². The summed E-state index contributed by atoms with van der Waals surface area (Å²) in [5.41, 5.74) is 1.16. The SMILES string of the molecule is CC(C)(C)OC(=O)N[C@@H](Cc1ccc(OC(C)(C)C)cc1)C(=O)N[C@@H]1CCCNC(=O)CNC(=O)[C@@H]2CCCN2C(=O)[C@H](Cc2ccc(OCc3ccccc3)cc2)NC1=O. The number of carbonyl (C=O) groups is 6. The molecule has 0 spiro atoms. The highest BCUT2D eigenvalue weighted by atomic mass is 16.6. The van der Waals surface area contributed by atoms with E-state index in [1.807, 2.05) is 63.2 Å². The fraction of sp³-hybridized carbons (Fsp3) is 0.478. The zero-order valence-corrected chi connectivity index (χ0v) is 36.0. The first-order chi connectivity index (χ1) is 28.9. The van der Waals surface area contributed by atoms with Crippen molar-refractivity contribution in [2.75, 3.05) is 19.6 Å². The molecule has 2 heterocycles. The van der Waals surface area contributed by atoms with Crippen molar-refractivity contribution in [1.82, 2.24) is 31.5 Å². The summed E-state index contributed by atoms with van der Waals surface area (Å²) in [5, 5.41) is 13.8. The Morgan fingerprint density at radius 2 is 1.44 bits per heavy atom. The van der Waals surface area contributed by atoms with Gasteiger partial charge in [-0.2, -0.15) is 0 Å². The third-order valence-corrected chi connectivity index (χ3v) is 9.91. The quantitative estimate of drug-likeness (QED) is 0.189. The molecule has 0 bridgehead atoms. The molecule has 3 aromatic carbocycles. The van der Waals surface area contributed by atoms with Gasteiger partial charge in [-0.15, -0.1) is 0 Å².